The Kier molecular flexibility index (Phi) is 5.99. The summed E-state index contributed by atoms with van der Waals surface area (Å²) in [7, 11) is 1.74. The molecule has 0 aliphatic carbocycles. The summed E-state index contributed by atoms with van der Waals surface area (Å²) in [5.74, 6) is 2.18. The fraction of sp³-hybridized carbons (Fsp3) is 0.455. The number of aryl methyl sites for hydroxylation is 1. The van der Waals surface area contributed by atoms with E-state index < -0.39 is 0 Å². The van der Waals surface area contributed by atoms with Crippen LogP contribution < -0.4 is 10.1 Å². The van der Waals surface area contributed by atoms with Gasteiger partial charge in [-0.2, -0.15) is 4.98 Å². The number of hydrogen-bond donors (Lipinski definition) is 1. The Morgan fingerprint density at radius 2 is 2.10 bits per heavy atom. The normalized spacial score (nSPS) is 17.2. The first-order chi connectivity index (χ1) is 14.1. The molecule has 6 nitrogen and oxygen atoms in total. The minimum absolute atomic E-state index is 0.0493. The molecule has 0 saturated carbocycles. The van der Waals surface area contributed by atoms with Crippen molar-refractivity contribution in [2.75, 3.05) is 26.9 Å². The third kappa shape index (κ3) is 4.22. The number of benzene rings is 1. The van der Waals surface area contributed by atoms with Crippen molar-refractivity contribution in [1.82, 2.24) is 15.5 Å². The van der Waals surface area contributed by atoms with E-state index in [0.717, 1.165) is 43.2 Å². The SMILES string of the molecule is COc1ccc(C)cc1C1(CNC(C)c2nc(-c3cccs3)no2)CCOCC1. The maximum Gasteiger partial charge on any atom is 0.243 e. The summed E-state index contributed by atoms with van der Waals surface area (Å²) >= 11 is 1.61. The van der Waals surface area contributed by atoms with E-state index in [1.54, 1.807) is 18.4 Å². The molecular formula is C22H27N3O3S. The number of nitrogens with one attached hydrogen (secondary N) is 1. The molecule has 7 heteroatoms. The zero-order chi connectivity index (χ0) is 20.3. The van der Waals surface area contributed by atoms with Crippen LogP contribution in [0.3, 0.4) is 0 Å². The Balaban J connectivity index is 1.54. The van der Waals surface area contributed by atoms with Gasteiger partial charge in [-0.1, -0.05) is 28.9 Å². The number of rotatable bonds is 7. The predicted molar refractivity (Wildman–Crippen MR) is 113 cm³/mol. The van der Waals surface area contributed by atoms with Crippen molar-refractivity contribution in [3.8, 4) is 16.5 Å². The Bertz CT molecular complexity index is 933. The maximum absolute atomic E-state index is 5.71. The summed E-state index contributed by atoms with van der Waals surface area (Å²) in [5.41, 5.74) is 2.42. The van der Waals surface area contributed by atoms with Crippen molar-refractivity contribution in [3.63, 3.8) is 0 Å². The quantitative estimate of drug-likeness (QED) is 0.614. The molecule has 1 aromatic carbocycles. The van der Waals surface area contributed by atoms with Crippen LogP contribution in [0, 0.1) is 6.92 Å². The lowest BCUT2D eigenvalue weighted by molar-refractivity contribution is 0.0478. The van der Waals surface area contributed by atoms with Crippen molar-refractivity contribution < 1.29 is 14.0 Å². The van der Waals surface area contributed by atoms with Crippen LogP contribution in [0.25, 0.3) is 10.7 Å². The molecule has 1 fully saturated rings. The van der Waals surface area contributed by atoms with Gasteiger partial charge in [-0.05, 0) is 44.2 Å². The predicted octanol–water partition coefficient (Wildman–Crippen LogP) is 4.51. The standard InChI is InChI=1S/C22H27N3O3S/c1-15-6-7-18(26-3)17(13-15)22(8-10-27-11-9-22)14-23-16(2)21-24-20(25-28-21)19-5-4-12-29-19/h4-7,12-13,16,23H,8-11,14H2,1-3H3. The van der Waals surface area contributed by atoms with Gasteiger partial charge in [0.05, 0.1) is 18.0 Å². The molecule has 1 saturated heterocycles. The van der Waals surface area contributed by atoms with Crippen LogP contribution in [0.2, 0.25) is 0 Å². The lowest BCUT2D eigenvalue weighted by Crippen LogP contribution is -2.43. The highest BCUT2D eigenvalue weighted by Crippen LogP contribution is 2.40. The molecule has 0 radical (unpaired) electrons. The summed E-state index contributed by atoms with van der Waals surface area (Å²) < 4.78 is 16.9. The van der Waals surface area contributed by atoms with Crippen LogP contribution in [0.5, 0.6) is 5.75 Å². The second kappa shape index (κ2) is 8.65. The van der Waals surface area contributed by atoms with Gasteiger partial charge in [-0.25, -0.2) is 0 Å². The molecule has 2 aromatic heterocycles. The van der Waals surface area contributed by atoms with Crippen LogP contribution in [-0.4, -0.2) is 37.0 Å². The number of hydrogen-bond acceptors (Lipinski definition) is 7. The monoisotopic (exact) mass is 413 g/mol. The van der Waals surface area contributed by atoms with Crippen molar-refractivity contribution >= 4 is 11.3 Å². The van der Waals surface area contributed by atoms with Gasteiger partial charge in [0.15, 0.2) is 0 Å². The van der Waals surface area contributed by atoms with Gasteiger partial charge in [-0.3, -0.25) is 0 Å². The van der Waals surface area contributed by atoms with Gasteiger partial charge < -0.3 is 19.3 Å². The van der Waals surface area contributed by atoms with Gasteiger partial charge in [0.25, 0.3) is 0 Å². The average Bonchev–Trinajstić information content (AvgIpc) is 3.44. The molecule has 0 bridgehead atoms. The van der Waals surface area contributed by atoms with E-state index >= 15 is 0 Å². The number of ether oxygens (including phenoxy) is 2. The fourth-order valence-corrected chi connectivity index (χ4v) is 4.54. The van der Waals surface area contributed by atoms with E-state index in [4.69, 9.17) is 14.0 Å². The van der Waals surface area contributed by atoms with Gasteiger partial charge in [0, 0.05) is 30.7 Å². The molecule has 4 rings (SSSR count). The molecule has 0 amide bonds. The largest absolute Gasteiger partial charge is 0.496 e. The minimum Gasteiger partial charge on any atom is -0.496 e. The van der Waals surface area contributed by atoms with E-state index in [1.165, 1.54) is 11.1 Å². The fourth-order valence-electron chi connectivity index (χ4n) is 3.89. The second-order valence-electron chi connectivity index (χ2n) is 7.63. The molecule has 3 aromatic rings. The molecule has 1 N–H and O–H groups in total. The number of methoxy groups -OCH3 is 1. The second-order valence-corrected chi connectivity index (χ2v) is 8.58. The van der Waals surface area contributed by atoms with Crippen LogP contribution in [0.1, 0.15) is 42.8 Å². The maximum atomic E-state index is 5.71. The van der Waals surface area contributed by atoms with E-state index in [2.05, 4.69) is 47.5 Å². The number of aromatic nitrogens is 2. The molecule has 29 heavy (non-hydrogen) atoms. The van der Waals surface area contributed by atoms with Gasteiger partial charge >= 0.3 is 0 Å². The van der Waals surface area contributed by atoms with E-state index in [0.29, 0.717) is 11.7 Å². The molecule has 3 heterocycles. The zero-order valence-corrected chi connectivity index (χ0v) is 17.9. The topological polar surface area (TPSA) is 69.4 Å². The summed E-state index contributed by atoms with van der Waals surface area (Å²) in [4.78, 5) is 5.59. The first kappa shape index (κ1) is 20.1. The summed E-state index contributed by atoms with van der Waals surface area (Å²) in [6, 6.07) is 10.3. The zero-order valence-electron chi connectivity index (χ0n) is 17.1. The first-order valence-electron chi connectivity index (χ1n) is 9.95. The molecule has 1 unspecified atom stereocenters. The summed E-state index contributed by atoms with van der Waals surface area (Å²) in [6.45, 7) is 6.46. The Morgan fingerprint density at radius 3 is 2.83 bits per heavy atom. The third-order valence-electron chi connectivity index (χ3n) is 5.68. The minimum atomic E-state index is -0.0551. The molecule has 154 valence electrons. The van der Waals surface area contributed by atoms with E-state index in [-0.39, 0.29) is 11.5 Å². The van der Waals surface area contributed by atoms with Crippen molar-refractivity contribution in [1.29, 1.82) is 0 Å². The highest BCUT2D eigenvalue weighted by atomic mass is 32.1. The lowest BCUT2D eigenvalue weighted by Gasteiger charge is -2.39. The van der Waals surface area contributed by atoms with Crippen molar-refractivity contribution in [3.05, 3.63) is 52.7 Å². The summed E-state index contributed by atoms with van der Waals surface area (Å²) in [6.07, 6.45) is 1.88. The van der Waals surface area contributed by atoms with Crippen LogP contribution in [0.15, 0.2) is 40.2 Å². The molecular weight excluding hydrogens is 386 g/mol. The van der Waals surface area contributed by atoms with Gasteiger partial charge in [0.1, 0.15) is 5.75 Å². The Labute approximate surface area is 175 Å². The molecule has 1 aliphatic rings. The van der Waals surface area contributed by atoms with Gasteiger partial charge in [0.2, 0.25) is 11.7 Å². The summed E-state index contributed by atoms with van der Waals surface area (Å²) in [5, 5.41) is 9.78. The van der Waals surface area contributed by atoms with Gasteiger partial charge in [-0.15, -0.1) is 11.3 Å². The van der Waals surface area contributed by atoms with Crippen molar-refractivity contribution in [2.45, 2.75) is 38.1 Å². The molecule has 1 atom stereocenters. The Morgan fingerprint density at radius 1 is 1.28 bits per heavy atom. The third-order valence-corrected chi connectivity index (χ3v) is 6.54. The van der Waals surface area contributed by atoms with E-state index in [9.17, 15) is 0 Å². The van der Waals surface area contributed by atoms with Crippen LogP contribution in [-0.2, 0) is 10.2 Å². The van der Waals surface area contributed by atoms with E-state index in [1.807, 2.05) is 17.5 Å². The van der Waals surface area contributed by atoms with Crippen LogP contribution in [0.4, 0.5) is 0 Å². The highest BCUT2D eigenvalue weighted by Gasteiger charge is 2.37. The van der Waals surface area contributed by atoms with Crippen LogP contribution >= 0.6 is 11.3 Å². The van der Waals surface area contributed by atoms with Crippen molar-refractivity contribution in [2.24, 2.45) is 0 Å². The number of thiophene rings is 1. The molecule has 0 spiro atoms. The first-order valence-corrected chi connectivity index (χ1v) is 10.8. The average molecular weight is 414 g/mol. The smallest absolute Gasteiger partial charge is 0.243 e. The lowest BCUT2D eigenvalue weighted by atomic mass is 9.73. The Hall–Kier alpha value is -2.22. The highest BCUT2D eigenvalue weighted by molar-refractivity contribution is 7.13. The molecule has 1 aliphatic heterocycles. The number of nitrogens with zero attached hydrogens (tertiary/aromatic N) is 2.